The van der Waals surface area contributed by atoms with Crippen LogP contribution in [-0.4, -0.2) is 12.0 Å². The Bertz CT molecular complexity index is 562. The molecule has 0 radical (unpaired) electrons. The van der Waals surface area contributed by atoms with Gasteiger partial charge in [-0.15, -0.1) is 0 Å². The molecule has 1 N–H and O–H groups in total. The number of hydrogen-bond donors (Lipinski definition) is 1. The molecule has 2 aromatic rings. The third-order valence-corrected chi connectivity index (χ3v) is 3.14. The topological polar surface area (TPSA) is 34.2 Å². The van der Waals surface area contributed by atoms with Crippen molar-refractivity contribution in [1.29, 1.82) is 0 Å². The van der Waals surface area contributed by atoms with Crippen LogP contribution < -0.4 is 10.1 Å². The van der Waals surface area contributed by atoms with Crippen LogP contribution in [-0.2, 0) is 6.54 Å². The van der Waals surface area contributed by atoms with E-state index in [0.29, 0.717) is 11.8 Å². The molecule has 0 bridgehead atoms. The molecule has 106 valence electrons. The number of aromatic nitrogens is 1. The molecule has 1 heterocycles. The van der Waals surface area contributed by atoms with Crippen LogP contribution in [0.3, 0.4) is 0 Å². The SMILES string of the molecule is CNCc1cc(C)nc(Oc2ccc(C(C)C)cc2)c1. The van der Waals surface area contributed by atoms with Crippen LogP contribution in [0.15, 0.2) is 36.4 Å². The second-order valence-electron chi connectivity index (χ2n) is 5.31. The molecular formula is C17H22N2O. The molecule has 0 unspecified atom stereocenters. The van der Waals surface area contributed by atoms with Crippen molar-refractivity contribution in [2.24, 2.45) is 0 Å². The lowest BCUT2D eigenvalue weighted by Crippen LogP contribution is -2.06. The Labute approximate surface area is 121 Å². The van der Waals surface area contributed by atoms with Gasteiger partial charge in [-0.3, -0.25) is 0 Å². The fourth-order valence-corrected chi connectivity index (χ4v) is 2.11. The second kappa shape index (κ2) is 6.53. The molecule has 0 aliphatic rings. The number of aryl methyl sites for hydroxylation is 1. The lowest BCUT2D eigenvalue weighted by Gasteiger charge is -2.10. The Morgan fingerprint density at radius 1 is 1.15 bits per heavy atom. The summed E-state index contributed by atoms with van der Waals surface area (Å²) in [5, 5.41) is 3.14. The maximum absolute atomic E-state index is 5.84. The van der Waals surface area contributed by atoms with E-state index in [4.69, 9.17) is 4.74 Å². The number of ether oxygens (including phenoxy) is 1. The highest BCUT2D eigenvalue weighted by molar-refractivity contribution is 5.33. The van der Waals surface area contributed by atoms with Crippen molar-refractivity contribution in [2.75, 3.05) is 7.05 Å². The van der Waals surface area contributed by atoms with E-state index in [-0.39, 0.29) is 0 Å². The minimum Gasteiger partial charge on any atom is -0.439 e. The van der Waals surface area contributed by atoms with E-state index in [1.54, 1.807) is 0 Å². The summed E-state index contributed by atoms with van der Waals surface area (Å²) >= 11 is 0. The largest absolute Gasteiger partial charge is 0.439 e. The number of hydrogen-bond acceptors (Lipinski definition) is 3. The zero-order valence-electron chi connectivity index (χ0n) is 12.6. The molecule has 0 fully saturated rings. The average Bonchev–Trinajstić information content (AvgIpc) is 2.39. The summed E-state index contributed by atoms with van der Waals surface area (Å²) < 4.78 is 5.84. The van der Waals surface area contributed by atoms with Gasteiger partial charge in [0.2, 0.25) is 5.88 Å². The molecule has 0 saturated heterocycles. The van der Waals surface area contributed by atoms with Crippen molar-refractivity contribution in [3.8, 4) is 11.6 Å². The maximum Gasteiger partial charge on any atom is 0.219 e. The van der Waals surface area contributed by atoms with Gasteiger partial charge in [0, 0.05) is 18.3 Å². The van der Waals surface area contributed by atoms with E-state index in [1.165, 1.54) is 11.1 Å². The van der Waals surface area contributed by atoms with Crippen molar-refractivity contribution < 1.29 is 4.74 Å². The van der Waals surface area contributed by atoms with Gasteiger partial charge >= 0.3 is 0 Å². The molecule has 3 heteroatoms. The smallest absolute Gasteiger partial charge is 0.219 e. The summed E-state index contributed by atoms with van der Waals surface area (Å²) in [5.41, 5.74) is 3.45. The molecule has 0 spiro atoms. The third-order valence-electron chi connectivity index (χ3n) is 3.14. The van der Waals surface area contributed by atoms with Crippen LogP contribution in [0.1, 0.15) is 36.6 Å². The van der Waals surface area contributed by atoms with Gasteiger partial charge in [0.25, 0.3) is 0 Å². The van der Waals surface area contributed by atoms with Crippen molar-refractivity contribution in [3.05, 3.63) is 53.2 Å². The number of nitrogens with zero attached hydrogens (tertiary/aromatic N) is 1. The van der Waals surface area contributed by atoms with E-state index < -0.39 is 0 Å². The van der Waals surface area contributed by atoms with Gasteiger partial charge in [-0.1, -0.05) is 26.0 Å². The molecule has 20 heavy (non-hydrogen) atoms. The highest BCUT2D eigenvalue weighted by Gasteiger charge is 2.04. The zero-order chi connectivity index (χ0) is 14.5. The van der Waals surface area contributed by atoms with Crippen LogP contribution in [0.25, 0.3) is 0 Å². The standard InChI is InChI=1S/C17H22N2O/c1-12(2)15-5-7-16(8-6-15)20-17-10-14(11-18-4)9-13(3)19-17/h5-10,12,18H,11H2,1-4H3. The van der Waals surface area contributed by atoms with E-state index in [9.17, 15) is 0 Å². The van der Waals surface area contributed by atoms with Crippen LogP contribution in [0.2, 0.25) is 0 Å². The maximum atomic E-state index is 5.84. The molecule has 0 aliphatic carbocycles. The Kier molecular flexibility index (Phi) is 4.74. The van der Waals surface area contributed by atoms with Gasteiger partial charge in [0.1, 0.15) is 5.75 Å². The molecule has 0 atom stereocenters. The first-order chi connectivity index (χ1) is 9.58. The molecule has 1 aromatic heterocycles. The molecule has 2 rings (SSSR count). The van der Waals surface area contributed by atoms with E-state index >= 15 is 0 Å². The molecular weight excluding hydrogens is 248 g/mol. The summed E-state index contributed by atoms with van der Waals surface area (Å²) in [6, 6.07) is 12.2. The Balaban J connectivity index is 2.16. The summed E-state index contributed by atoms with van der Waals surface area (Å²) in [6.07, 6.45) is 0. The van der Waals surface area contributed by atoms with E-state index in [2.05, 4.69) is 42.3 Å². The van der Waals surface area contributed by atoms with Crippen LogP contribution >= 0.6 is 0 Å². The first-order valence-corrected chi connectivity index (χ1v) is 6.98. The fourth-order valence-electron chi connectivity index (χ4n) is 2.11. The minimum absolute atomic E-state index is 0.531. The zero-order valence-corrected chi connectivity index (χ0v) is 12.6. The minimum atomic E-state index is 0.531. The number of rotatable bonds is 5. The molecule has 0 amide bonds. The first-order valence-electron chi connectivity index (χ1n) is 6.98. The van der Waals surface area contributed by atoms with Crippen molar-refractivity contribution in [2.45, 2.75) is 33.2 Å². The van der Waals surface area contributed by atoms with Gasteiger partial charge in [0.15, 0.2) is 0 Å². The average molecular weight is 270 g/mol. The predicted octanol–water partition coefficient (Wildman–Crippen LogP) is 4.03. The van der Waals surface area contributed by atoms with Crippen molar-refractivity contribution in [3.63, 3.8) is 0 Å². The van der Waals surface area contributed by atoms with Gasteiger partial charge in [-0.2, -0.15) is 0 Å². The van der Waals surface area contributed by atoms with E-state index in [0.717, 1.165) is 18.0 Å². The third kappa shape index (κ3) is 3.81. The van der Waals surface area contributed by atoms with Crippen molar-refractivity contribution in [1.82, 2.24) is 10.3 Å². The molecule has 1 aromatic carbocycles. The van der Waals surface area contributed by atoms with E-state index in [1.807, 2.05) is 32.2 Å². The second-order valence-corrected chi connectivity index (χ2v) is 5.31. The van der Waals surface area contributed by atoms with Gasteiger partial charge in [0.05, 0.1) is 0 Å². The summed E-state index contributed by atoms with van der Waals surface area (Å²) in [7, 11) is 1.93. The fraction of sp³-hybridized carbons (Fsp3) is 0.353. The molecule has 0 aliphatic heterocycles. The van der Waals surface area contributed by atoms with Gasteiger partial charge < -0.3 is 10.1 Å². The van der Waals surface area contributed by atoms with Crippen LogP contribution in [0.4, 0.5) is 0 Å². The Morgan fingerprint density at radius 3 is 2.45 bits per heavy atom. The van der Waals surface area contributed by atoms with Gasteiger partial charge in [-0.05, 0) is 49.2 Å². The number of pyridine rings is 1. The predicted molar refractivity (Wildman–Crippen MR) is 82.3 cm³/mol. The highest BCUT2D eigenvalue weighted by Crippen LogP contribution is 2.23. The van der Waals surface area contributed by atoms with Crippen molar-refractivity contribution >= 4 is 0 Å². The lowest BCUT2D eigenvalue weighted by molar-refractivity contribution is 0.460. The lowest BCUT2D eigenvalue weighted by atomic mass is 10.0. The van der Waals surface area contributed by atoms with Gasteiger partial charge in [-0.25, -0.2) is 4.98 Å². The molecule has 3 nitrogen and oxygen atoms in total. The first kappa shape index (κ1) is 14.5. The summed E-state index contributed by atoms with van der Waals surface area (Å²) in [6.45, 7) is 7.16. The monoisotopic (exact) mass is 270 g/mol. The Morgan fingerprint density at radius 2 is 1.85 bits per heavy atom. The summed E-state index contributed by atoms with van der Waals surface area (Å²) in [5.74, 6) is 2.00. The number of nitrogens with one attached hydrogen (secondary N) is 1. The molecule has 0 saturated carbocycles. The normalized spacial score (nSPS) is 10.8. The Hall–Kier alpha value is -1.87. The number of benzene rings is 1. The quantitative estimate of drug-likeness (QED) is 0.891. The van der Waals surface area contributed by atoms with Crippen LogP contribution in [0, 0.1) is 6.92 Å². The van der Waals surface area contributed by atoms with Crippen LogP contribution in [0.5, 0.6) is 11.6 Å². The summed E-state index contributed by atoms with van der Waals surface area (Å²) in [4.78, 5) is 4.42. The highest BCUT2D eigenvalue weighted by atomic mass is 16.5.